The Morgan fingerprint density at radius 2 is 1.57 bits per heavy atom. The molecule has 10 heteroatoms. The summed E-state index contributed by atoms with van der Waals surface area (Å²) in [7, 11) is 1.59. The molecule has 1 amide bonds. The molecule has 4 nitrogen and oxygen atoms in total. The number of hydrogen-bond acceptors (Lipinski definition) is 3. The molecule has 2 atom stereocenters. The number of carbonyl (C=O) groups excluding carboxylic acids is 1. The molecule has 0 N–H and O–H groups in total. The van der Waals surface area contributed by atoms with Crippen molar-refractivity contribution in [1.82, 2.24) is 14.7 Å². The SMILES string of the molecule is C=CCC1(CC=C)CC2C(c3ccccc3C)N(C(=C)N(C)Cc3cc(C(F)(F)F)cc(C(F)(F)F)c3)CCN2C1=O. The molecule has 42 heavy (non-hydrogen) atoms. The van der Waals surface area contributed by atoms with Crippen LogP contribution in [0.3, 0.4) is 0 Å². The van der Waals surface area contributed by atoms with Gasteiger partial charge in [-0.1, -0.05) is 43.0 Å². The van der Waals surface area contributed by atoms with Gasteiger partial charge in [0.25, 0.3) is 0 Å². The zero-order chi connectivity index (χ0) is 31.0. The number of aryl methyl sites for hydroxylation is 1. The topological polar surface area (TPSA) is 26.8 Å². The monoisotopic (exact) mass is 591 g/mol. The number of alkyl halides is 6. The molecule has 2 aromatic carbocycles. The largest absolute Gasteiger partial charge is 0.416 e. The van der Waals surface area contributed by atoms with Crippen molar-refractivity contribution in [3.63, 3.8) is 0 Å². The van der Waals surface area contributed by atoms with E-state index in [1.807, 2.05) is 41.0 Å². The number of nitrogens with zero attached hydrogens (tertiary/aromatic N) is 3. The molecule has 2 heterocycles. The lowest BCUT2D eigenvalue weighted by atomic mass is 9.76. The molecule has 0 spiro atoms. The summed E-state index contributed by atoms with van der Waals surface area (Å²) in [5.41, 5.74) is -1.56. The number of fused-ring (bicyclic) bond motifs is 1. The van der Waals surface area contributed by atoms with Crippen molar-refractivity contribution in [2.24, 2.45) is 5.41 Å². The van der Waals surface area contributed by atoms with E-state index in [0.717, 1.165) is 23.3 Å². The maximum atomic E-state index is 13.8. The Morgan fingerprint density at radius 1 is 1.00 bits per heavy atom. The van der Waals surface area contributed by atoms with Crippen LogP contribution in [0.5, 0.6) is 0 Å². The highest BCUT2D eigenvalue weighted by Gasteiger charge is 2.55. The van der Waals surface area contributed by atoms with Crippen molar-refractivity contribution in [3.8, 4) is 0 Å². The van der Waals surface area contributed by atoms with Gasteiger partial charge in [-0.3, -0.25) is 4.79 Å². The van der Waals surface area contributed by atoms with E-state index in [1.165, 1.54) is 0 Å². The van der Waals surface area contributed by atoms with Gasteiger partial charge >= 0.3 is 12.4 Å². The lowest BCUT2D eigenvalue weighted by Crippen LogP contribution is -2.54. The minimum atomic E-state index is -4.93. The lowest BCUT2D eigenvalue weighted by molar-refractivity contribution is -0.143. The van der Waals surface area contributed by atoms with Crippen molar-refractivity contribution in [3.05, 3.63) is 108 Å². The summed E-state index contributed by atoms with van der Waals surface area (Å²) in [6.07, 6.45) is -4.85. The molecule has 2 aromatic rings. The first kappa shape index (κ1) is 31.3. The van der Waals surface area contributed by atoms with Crippen LogP contribution in [0.15, 0.2) is 80.2 Å². The molecule has 2 fully saturated rings. The van der Waals surface area contributed by atoms with Crippen LogP contribution in [-0.4, -0.2) is 46.8 Å². The predicted octanol–water partition coefficient (Wildman–Crippen LogP) is 7.73. The fourth-order valence-corrected chi connectivity index (χ4v) is 6.42. The van der Waals surface area contributed by atoms with E-state index in [4.69, 9.17) is 0 Å². The second kappa shape index (κ2) is 11.5. The normalized spacial score (nSPS) is 20.3. The number of rotatable bonds is 9. The summed E-state index contributed by atoms with van der Waals surface area (Å²) < 4.78 is 80.9. The number of allylic oxidation sites excluding steroid dienone is 2. The van der Waals surface area contributed by atoms with E-state index in [1.54, 1.807) is 24.1 Å². The van der Waals surface area contributed by atoms with Gasteiger partial charge in [-0.05, 0) is 61.1 Å². The van der Waals surface area contributed by atoms with Crippen LogP contribution in [0.1, 0.15) is 53.1 Å². The Bertz CT molecular complexity index is 1320. The van der Waals surface area contributed by atoms with Gasteiger partial charge in [0.1, 0.15) is 0 Å². The van der Waals surface area contributed by atoms with E-state index in [0.29, 0.717) is 38.2 Å². The lowest BCUT2D eigenvalue weighted by Gasteiger charge is -2.48. The van der Waals surface area contributed by atoms with Gasteiger partial charge in [0, 0.05) is 26.7 Å². The van der Waals surface area contributed by atoms with Crippen LogP contribution in [0.25, 0.3) is 0 Å². The first-order valence-electron chi connectivity index (χ1n) is 13.7. The standard InChI is InChI=1S/C32H35F6N3O/c1-6-12-30(13-7-2)19-27-28(26-11-9-8-10-21(26)3)40(14-15-41(27)29(30)42)22(4)39(5)20-23-16-24(31(33,34)35)18-25(17-23)32(36,37)38/h6-11,16-18,27-28H,1-2,4,12-15,19-20H2,3,5H3. The van der Waals surface area contributed by atoms with Crippen molar-refractivity contribution >= 4 is 5.91 Å². The zero-order valence-corrected chi connectivity index (χ0v) is 23.7. The molecular formula is C32H35F6N3O. The van der Waals surface area contributed by atoms with E-state index in [2.05, 4.69) is 19.7 Å². The Balaban J connectivity index is 1.71. The minimum Gasteiger partial charge on any atom is -0.357 e. The van der Waals surface area contributed by atoms with Crippen LogP contribution < -0.4 is 0 Å². The molecule has 226 valence electrons. The molecule has 2 unspecified atom stereocenters. The average Bonchev–Trinajstić information content (AvgIpc) is 3.18. The maximum Gasteiger partial charge on any atom is 0.416 e. The first-order valence-corrected chi connectivity index (χ1v) is 13.7. The molecule has 0 radical (unpaired) electrons. The molecule has 2 aliphatic rings. The highest BCUT2D eigenvalue weighted by Crippen LogP contribution is 2.50. The highest BCUT2D eigenvalue weighted by atomic mass is 19.4. The first-order chi connectivity index (χ1) is 19.6. The number of halogens is 6. The zero-order valence-electron chi connectivity index (χ0n) is 23.7. The van der Waals surface area contributed by atoms with E-state index in [-0.39, 0.29) is 36.2 Å². The molecule has 0 aromatic heterocycles. The summed E-state index contributed by atoms with van der Waals surface area (Å²) in [5, 5.41) is 0. The molecule has 0 saturated carbocycles. The minimum absolute atomic E-state index is 0.0353. The fraction of sp³-hybridized carbons (Fsp3) is 0.406. The average molecular weight is 592 g/mol. The third-order valence-electron chi connectivity index (χ3n) is 8.41. The van der Waals surface area contributed by atoms with Gasteiger partial charge in [0.05, 0.1) is 34.4 Å². The van der Waals surface area contributed by atoms with Crippen LogP contribution >= 0.6 is 0 Å². The van der Waals surface area contributed by atoms with Crippen molar-refractivity contribution in [1.29, 1.82) is 0 Å². The molecular weight excluding hydrogens is 556 g/mol. The maximum absolute atomic E-state index is 13.8. The Morgan fingerprint density at radius 3 is 2.10 bits per heavy atom. The third kappa shape index (κ3) is 5.94. The van der Waals surface area contributed by atoms with Crippen LogP contribution in [-0.2, 0) is 23.7 Å². The smallest absolute Gasteiger partial charge is 0.357 e. The second-order valence-corrected chi connectivity index (χ2v) is 11.2. The van der Waals surface area contributed by atoms with Gasteiger partial charge in [0.15, 0.2) is 0 Å². The molecule has 0 aliphatic carbocycles. The number of hydrogen-bond donors (Lipinski definition) is 0. The summed E-state index contributed by atoms with van der Waals surface area (Å²) in [5.74, 6) is 0.472. The molecule has 4 rings (SSSR count). The van der Waals surface area contributed by atoms with Gasteiger partial charge in [-0.2, -0.15) is 26.3 Å². The number of carbonyl (C=O) groups is 1. The highest BCUT2D eigenvalue weighted by molar-refractivity contribution is 5.86. The fourth-order valence-electron chi connectivity index (χ4n) is 6.42. The summed E-state index contributed by atoms with van der Waals surface area (Å²) in [6, 6.07) is 8.82. The number of piperazine rings is 1. The van der Waals surface area contributed by atoms with Gasteiger partial charge in [-0.25, -0.2) is 0 Å². The van der Waals surface area contributed by atoms with Gasteiger partial charge < -0.3 is 14.7 Å². The number of amides is 1. The Labute approximate surface area is 242 Å². The summed E-state index contributed by atoms with van der Waals surface area (Å²) in [4.78, 5) is 19.3. The van der Waals surface area contributed by atoms with E-state index < -0.39 is 28.9 Å². The van der Waals surface area contributed by atoms with Crippen LogP contribution in [0.2, 0.25) is 0 Å². The molecule has 2 aliphatic heterocycles. The number of benzene rings is 2. The summed E-state index contributed by atoms with van der Waals surface area (Å²) in [6.45, 7) is 14.5. The van der Waals surface area contributed by atoms with E-state index >= 15 is 0 Å². The Kier molecular flexibility index (Phi) is 8.58. The summed E-state index contributed by atoms with van der Waals surface area (Å²) >= 11 is 0. The molecule has 0 bridgehead atoms. The third-order valence-corrected chi connectivity index (χ3v) is 8.41. The van der Waals surface area contributed by atoms with Crippen LogP contribution in [0.4, 0.5) is 26.3 Å². The predicted molar refractivity (Wildman–Crippen MR) is 150 cm³/mol. The van der Waals surface area contributed by atoms with Gasteiger partial charge in [0.2, 0.25) is 5.91 Å². The Hall–Kier alpha value is -3.69. The van der Waals surface area contributed by atoms with Crippen LogP contribution in [0, 0.1) is 12.3 Å². The second-order valence-electron chi connectivity index (χ2n) is 11.2. The quantitative estimate of drug-likeness (QED) is 0.221. The molecule has 2 saturated heterocycles. The van der Waals surface area contributed by atoms with Crippen molar-refractivity contribution < 1.29 is 31.1 Å². The van der Waals surface area contributed by atoms with Crippen molar-refractivity contribution in [2.75, 3.05) is 20.1 Å². The van der Waals surface area contributed by atoms with Crippen molar-refractivity contribution in [2.45, 2.75) is 57.2 Å². The van der Waals surface area contributed by atoms with E-state index in [9.17, 15) is 31.1 Å². The van der Waals surface area contributed by atoms with Gasteiger partial charge in [-0.15, -0.1) is 13.2 Å².